The summed E-state index contributed by atoms with van der Waals surface area (Å²) in [5, 5.41) is 22.1. The van der Waals surface area contributed by atoms with Gasteiger partial charge in [0.05, 0.1) is 25.9 Å². The summed E-state index contributed by atoms with van der Waals surface area (Å²) in [7, 11) is 0. The molecule has 0 saturated carbocycles. The normalized spacial score (nSPS) is 12.1. The maximum atomic E-state index is 13.3. The van der Waals surface area contributed by atoms with E-state index < -0.39 is 6.10 Å². The molecule has 1 aromatic carbocycles. The second-order valence-electron chi connectivity index (χ2n) is 4.16. The van der Waals surface area contributed by atoms with E-state index in [9.17, 15) is 9.50 Å². The molecule has 0 aliphatic heterocycles. The van der Waals surface area contributed by atoms with Crippen LogP contribution >= 0.6 is 0 Å². The van der Waals surface area contributed by atoms with Gasteiger partial charge in [0.2, 0.25) is 0 Å². The summed E-state index contributed by atoms with van der Waals surface area (Å²) in [6, 6.07) is 8.09. The van der Waals surface area contributed by atoms with Gasteiger partial charge < -0.3 is 9.84 Å². The van der Waals surface area contributed by atoms with Gasteiger partial charge in [0.1, 0.15) is 18.2 Å². The quantitative estimate of drug-likeness (QED) is 0.846. The number of aliphatic hydroxyl groups excluding tert-OH is 1. The molecule has 0 aliphatic rings. The average molecular weight is 276 g/mol. The highest BCUT2D eigenvalue weighted by Gasteiger charge is 2.08. The van der Waals surface area contributed by atoms with Crippen molar-refractivity contribution in [3.05, 3.63) is 47.8 Å². The molecule has 0 fully saturated rings. The first-order chi connectivity index (χ1) is 9.69. The maximum Gasteiger partial charge on any atom is 0.252 e. The van der Waals surface area contributed by atoms with Crippen molar-refractivity contribution in [1.82, 2.24) is 14.8 Å². The van der Waals surface area contributed by atoms with Crippen molar-refractivity contribution in [2.24, 2.45) is 0 Å². The number of aromatic nitrogens is 3. The number of benzene rings is 1. The highest BCUT2D eigenvalue weighted by atomic mass is 19.1. The minimum absolute atomic E-state index is 0.0378. The minimum atomic E-state index is -0.810. The molecule has 7 heteroatoms. The monoisotopic (exact) mass is 276 g/mol. The van der Waals surface area contributed by atoms with E-state index in [-0.39, 0.29) is 31.4 Å². The number of hydrogen-bond acceptors (Lipinski definition) is 5. The molecule has 1 atom stereocenters. The number of rotatable bonds is 6. The fraction of sp³-hybridized carbons (Fsp3) is 0.308. The Bertz CT molecular complexity index is 608. The Morgan fingerprint density at radius 3 is 2.95 bits per heavy atom. The molecule has 0 unspecified atom stereocenters. The lowest BCUT2D eigenvalue weighted by atomic mass is 10.2. The number of ether oxygens (including phenoxy) is 1. The Morgan fingerprint density at radius 1 is 1.45 bits per heavy atom. The van der Waals surface area contributed by atoms with Crippen LogP contribution in [0.15, 0.2) is 30.6 Å². The lowest BCUT2D eigenvalue weighted by Gasteiger charge is -2.11. The third-order valence-electron chi connectivity index (χ3n) is 2.56. The molecule has 0 saturated heterocycles. The van der Waals surface area contributed by atoms with Gasteiger partial charge in [0.25, 0.3) is 5.82 Å². The van der Waals surface area contributed by atoms with E-state index >= 15 is 0 Å². The molecule has 20 heavy (non-hydrogen) atoms. The zero-order valence-electron chi connectivity index (χ0n) is 10.6. The van der Waals surface area contributed by atoms with Gasteiger partial charge in [-0.05, 0) is 6.07 Å². The molecule has 1 aromatic heterocycles. The molecule has 0 bridgehead atoms. The van der Waals surface area contributed by atoms with E-state index in [1.165, 1.54) is 17.1 Å². The van der Waals surface area contributed by atoms with Crippen molar-refractivity contribution in [2.75, 3.05) is 6.61 Å². The van der Waals surface area contributed by atoms with Crippen LogP contribution in [0.5, 0.6) is 0 Å². The molecule has 0 amide bonds. The number of nitrogens with zero attached hydrogens (tertiary/aromatic N) is 4. The Kier molecular flexibility index (Phi) is 4.76. The minimum Gasteiger partial charge on any atom is -0.389 e. The van der Waals surface area contributed by atoms with E-state index in [0.717, 1.165) is 0 Å². The SMILES string of the molecule is N#Cc1ncn(C[C@H](O)COCc2ccccc2F)n1. The zero-order chi connectivity index (χ0) is 14.4. The van der Waals surface area contributed by atoms with E-state index in [0.29, 0.717) is 5.56 Å². The highest BCUT2D eigenvalue weighted by Crippen LogP contribution is 2.07. The molecule has 0 radical (unpaired) electrons. The van der Waals surface area contributed by atoms with E-state index in [1.54, 1.807) is 24.3 Å². The van der Waals surface area contributed by atoms with Crippen LogP contribution in [0.4, 0.5) is 4.39 Å². The number of hydrogen-bond donors (Lipinski definition) is 1. The van der Waals surface area contributed by atoms with Crippen molar-refractivity contribution in [1.29, 1.82) is 5.26 Å². The Balaban J connectivity index is 1.77. The molecule has 0 spiro atoms. The third kappa shape index (κ3) is 3.85. The van der Waals surface area contributed by atoms with Gasteiger partial charge in [-0.25, -0.2) is 14.1 Å². The molecular weight excluding hydrogens is 263 g/mol. The Hall–Kier alpha value is -2.30. The van der Waals surface area contributed by atoms with Crippen molar-refractivity contribution >= 4 is 0 Å². The van der Waals surface area contributed by atoms with Gasteiger partial charge in [0.15, 0.2) is 0 Å². The van der Waals surface area contributed by atoms with Crippen molar-refractivity contribution in [3.63, 3.8) is 0 Å². The summed E-state index contributed by atoms with van der Waals surface area (Å²) in [4.78, 5) is 3.72. The van der Waals surface area contributed by atoms with E-state index in [1.807, 2.05) is 0 Å². The second-order valence-corrected chi connectivity index (χ2v) is 4.16. The fourth-order valence-corrected chi connectivity index (χ4v) is 1.62. The van der Waals surface area contributed by atoms with Gasteiger partial charge in [-0.1, -0.05) is 18.2 Å². The molecule has 1 N–H and O–H groups in total. The van der Waals surface area contributed by atoms with E-state index in [2.05, 4.69) is 10.1 Å². The number of halogens is 1. The summed E-state index contributed by atoms with van der Waals surface area (Å²) in [6.45, 7) is 0.284. The average Bonchev–Trinajstić information content (AvgIpc) is 2.88. The Labute approximate surface area is 115 Å². The van der Waals surface area contributed by atoms with Crippen LogP contribution in [0.2, 0.25) is 0 Å². The predicted octanol–water partition coefficient (Wildman–Crippen LogP) is 0.867. The summed E-state index contributed by atoms with van der Waals surface area (Å²) >= 11 is 0. The number of aliphatic hydroxyl groups is 1. The first-order valence-electron chi connectivity index (χ1n) is 5.98. The largest absolute Gasteiger partial charge is 0.389 e. The molecule has 2 aromatic rings. The van der Waals surface area contributed by atoms with Gasteiger partial charge in [0, 0.05) is 5.56 Å². The van der Waals surface area contributed by atoms with Crippen LogP contribution in [-0.2, 0) is 17.9 Å². The van der Waals surface area contributed by atoms with Crippen molar-refractivity contribution < 1.29 is 14.2 Å². The fourth-order valence-electron chi connectivity index (χ4n) is 1.62. The number of nitriles is 1. The van der Waals surface area contributed by atoms with E-state index in [4.69, 9.17) is 10.00 Å². The van der Waals surface area contributed by atoms with Crippen LogP contribution in [0.3, 0.4) is 0 Å². The van der Waals surface area contributed by atoms with Crippen LogP contribution in [0.25, 0.3) is 0 Å². The van der Waals surface area contributed by atoms with Gasteiger partial charge >= 0.3 is 0 Å². The molecule has 104 valence electrons. The Morgan fingerprint density at radius 2 is 2.25 bits per heavy atom. The van der Waals surface area contributed by atoms with Crippen LogP contribution < -0.4 is 0 Å². The third-order valence-corrected chi connectivity index (χ3v) is 2.56. The molecule has 1 heterocycles. The van der Waals surface area contributed by atoms with Gasteiger partial charge in [-0.3, -0.25) is 0 Å². The molecule has 2 rings (SSSR count). The first-order valence-corrected chi connectivity index (χ1v) is 5.98. The predicted molar refractivity (Wildman–Crippen MR) is 66.8 cm³/mol. The molecule has 0 aliphatic carbocycles. The second kappa shape index (κ2) is 6.75. The van der Waals surface area contributed by atoms with Crippen LogP contribution in [-0.4, -0.2) is 32.6 Å². The van der Waals surface area contributed by atoms with Crippen molar-refractivity contribution in [3.8, 4) is 6.07 Å². The summed E-state index contributed by atoms with van der Waals surface area (Å²) in [5.74, 6) is -0.290. The zero-order valence-corrected chi connectivity index (χ0v) is 10.6. The smallest absolute Gasteiger partial charge is 0.252 e. The summed E-state index contributed by atoms with van der Waals surface area (Å²) in [6.07, 6.45) is 0.550. The van der Waals surface area contributed by atoms with Gasteiger partial charge in [-0.2, -0.15) is 5.26 Å². The molecule has 6 nitrogen and oxygen atoms in total. The maximum absolute atomic E-state index is 13.3. The molecular formula is C13H13FN4O2. The summed E-state index contributed by atoms with van der Waals surface area (Å²) < 4.78 is 19.9. The highest BCUT2D eigenvalue weighted by molar-refractivity contribution is 5.16. The first kappa shape index (κ1) is 14.1. The lowest BCUT2D eigenvalue weighted by molar-refractivity contribution is 0.0178. The topological polar surface area (TPSA) is 84.0 Å². The van der Waals surface area contributed by atoms with Crippen LogP contribution in [0, 0.1) is 17.1 Å². The lowest BCUT2D eigenvalue weighted by Crippen LogP contribution is -2.22. The van der Waals surface area contributed by atoms with Crippen molar-refractivity contribution in [2.45, 2.75) is 19.3 Å². The van der Waals surface area contributed by atoms with Crippen LogP contribution in [0.1, 0.15) is 11.4 Å². The van der Waals surface area contributed by atoms with Gasteiger partial charge in [-0.15, -0.1) is 5.10 Å². The summed E-state index contributed by atoms with van der Waals surface area (Å²) in [5.41, 5.74) is 0.437. The standard InChI is InChI=1S/C13H13FN4O2/c14-12-4-2-1-3-10(12)7-20-8-11(19)6-18-9-16-13(5-15)17-18/h1-4,9,11,19H,6-8H2/t11-/m0/s1.